The van der Waals surface area contributed by atoms with Crippen LogP contribution in [0.5, 0.6) is 5.75 Å². The van der Waals surface area contributed by atoms with Gasteiger partial charge in [-0.05, 0) is 37.1 Å². The molecule has 1 unspecified atom stereocenters. The van der Waals surface area contributed by atoms with Crippen LogP contribution in [0.1, 0.15) is 18.1 Å². The van der Waals surface area contributed by atoms with Gasteiger partial charge in [-0.1, -0.05) is 0 Å². The van der Waals surface area contributed by atoms with Crippen molar-refractivity contribution in [1.82, 2.24) is 0 Å². The van der Waals surface area contributed by atoms with Gasteiger partial charge in [0.15, 0.2) is 0 Å². The normalized spacial score (nSPS) is 12.9. The van der Waals surface area contributed by atoms with Crippen molar-refractivity contribution in [1.29, 1.82) is 0 Å². The van der Waals surface area contributed by atoms with E-state index >= 15 is 0 Å². The monoisotopic (exact) mass is 184 g/mol. The topological polar surface area (TPSA) is 40.5 Å². The minimum absolute atomic E-state index is 0.0716. The first-order valence-electron chi connectivity index (χ1n) is 4.16. The van der Waals surface area contributed by atoms with Crippen molar-refractivity contribution < 1.29 is 14.6 Å². The quantitative estimate of drug-likeness (QED) is 0.735. The number of aliphatic hydroxyl groups excluding tert-OH is 1. The van der Waals surface area contributed by atoms with E-state index in [0.717, 1.165) is 0 Å². The molecule has 1 aromatic rings. The summed E-state index contributed by atoms with van der Waals surface area (Å²) in [5.74, 6) is -0.312. The SMILES string of the molecule is Cc1cc(F)cc(CC(C)O)c1O. The summed E-state index contributed by atoms with van der Waals surface area (Å²) >= 11 is 0. The van der Waals surface area contributed by atoms with E-state index in [9.17, 15) is 9.50 Å². The lowest BCUT2D eigenvalue weighted by Gasteiger charge is -2.09. The van der Waals surface area contributed by atoms with Crippen molar-refractivity contribution in [2.75, 3.05) is 0 Å². The fraction of sp³-hybridized carbons (Fsp3) is 0.400. The lowest BCUT2D eigenvalue weighted by atomic mass is 10.0. The Bertz CT molecular complexity index is 308. The van der Waals surface area contributed by atoms with Crippen molar-refractivity contribution in [3.8, 4) is 5.75 Å². The van der Waals surface area contributed by atoms with Crippen LogP contribution in [0.3, 0.4) is 0 Å². The van der Waals surface area contributed by atoms with Crippen LogP contribution >= 0.6 is 0 Å². The molecule has 0 heterocycles. The molecule has 1 atom stereocenters. The molecule has 0 saturated heterocycles. The second-order valence-electron chi connectivity index (χ2n) is 3.28. The molecule has 0 aliphatic heterocycles. The first kappa shape index (κ1) is 9.99. The number of benzene rings is 1. The van der Waals surface area contributed by atoms with Gasteiger partial charge < -0.3 is 10.2 Å². The van der Waals surface area contributed by atoms with Crippen molar-refractivity contribution in [3.05, 3.63) is 29.1 Å². The van der Waals surface area contributed by atoms with E-state index in [1.54, 1.807) is 13.8 Å². The van der Waals surface area contributed by atoms with Crippen molar-refractivity contribution in [2.24, 2.45) is 0 Å². The summed E-state index contributed by atoms with van der Waals surface area (Å²) in [5.41, 5.74) is 0.947. The molecular weight excluding hydrogens is 171 g/mol. The molecule has 1 aromatic carbocycles. The van der Waals surface area contributed by atoms with E-state index in [4.69, 9.17) is 5.11 Å². The first-order chi connectivity index (χ1) is 6.00. The third-order valence-electron chi connectivity index (χ3n) is 1.86. The minimum atomic E-state index is -0.577. The molecular formula is C10H13FO2. The molecule has 13 heavy (non-hydrogen) atoms. The highest BCUT2D eigenvalue weighted by molar-refractivity contribution is 5.40. The van der Waals surface area contributed by atoms with Gasteiger partial charge in [0.25, 0.3) is 0 Å². The Labute approximate surface area is 76.6 Å². The number of phenols is 1. The lowest BCUT2D eigenvalue weighted by molar-refractivity contribution is 0.194. The summed E-state index contributed by atoms with van der Waals surface area (Å²) < 4.78 is 12.9. The van der Waals surface area contributed by atoms with Crippen molar-refractivity contribution >= 4 is 0 Å². The molecule has 0 bridgehead atoms. The van der Waals surface area contributed by atoms with Crippen LogP contribution in [0.15, 0.2) is 12.1 Å². The second-order valence-corrected chi connectivity index (χ2v) is 3.28. The predicted molar refractivity (Wildman–Crippen MR) is 48.2 cm³/mol. The molecule has 0 spiro atoms. The van der Waals surface area contributed by atoms with Crippen LogP contribution in [0.25, 0.3) is 0 Å². The first-order valence-corrected chi connectivity index (χ1v) is 4.16. The van der Waals surface area contributed by atoms with Gasteiger partial charge >= 0.3 is 0 Å². The summed E-state index contributed by atoms with van der Waals surface area (Å²) in [4.78, 5) is 0. The highest BCUT2D eigenvalue weighted by Gasteiger charge is 2.09. The zero-order valence-electron chi connectivity index (χ0n) is 7.71. The van der Waals surface area contributed by atoms with E-state index in [0.29, 0.717) is 11.1 Å². The molecule has 2 N–H and O–H groups in total. The number of aromatic hydroxyl groups is 1. The predicted octanol–water partition coefficient (Wildman–Crippen LogP) is 1.76. The Hall–Kier alpha value is -1.09. The van der Waals surface area contributed by atoms with E-state index in [-0.39, 0.29) is 18.0 Å². The minimum Gasteiger partial charge on any atom is -0.507 e. The zero-order valence-corrected chi connectivity index (χ0v) is 7.71. The number of hydrogen-bond donors (Lipinski definition) is 2. The zero-order chi connectivity index (χ0) is 10.0. The molecule has 0 aliphatic carbocycles. The molecule has 0 saturated carbocycles. The van der Waals surface area contributed by atoms with Crippen molar-refractivity contribution in [2.45, 2.75) is 26.4 Å². The third kappa shape index (κ3) is 2.42. The number of phenolic OH excluding ortho intramolecular Hbond substituents is 1. The van der Waals surface area contributed by atoms with E-state index in [1.165, 1.54) is 12.1 Å². The number of aliphatic hydroxyl groups is 1. The van der Waals surface area contributed by atoms with Gasteiger partial charge in [0, 0.05) is 6.42 Å². The van der Waals surface area contributed by atoms with Gasteiger partial charge in [0.05, 0.1) is 6.10 Å². The summed E-state index contributed by atoms with van der Waals surface area (Å²) in [7, 11) is 0. The molecule has 0 aromatic heterocycles. The smallest absolute Gasteiger partial charge is 0.124 e. The largest absolute Gasteiger partial charge is 0.507 e. The summed E-state index contributed by atoms with van der Waals surface area (Å²) in [6, 6.07) is 2.51. The Morgan fingerprint density at radius 2 is 2.08 bits per heavy atom. The Kier molecular flexibility index (Phi) is 2.88. The Morgan fingerprint density at radius 3 is 2.62 bits per heavy atom. The average molecular weight is 184 g/mol. The number of aryl methyl sites for hydroxylation is 1. The molecule has 3 heteroatoms. The van der Waals surface area contributed by atoms with Crippen LogP contribution in [0, 0.1) is 12.7 Å². The maximum absolute atomic E-state index is 12.9. The van der Waals surface area contributed by atoms with Crippen LogP contribution in [-0.2, 0) is 6.42 Å². The van der Waals surface area contributed by atoms with Gasteiger partial charge in [-0.25, -0.2) is 4.39 Å². The average Bonchev–Trinajstić information content (AvgIpc) is 1.98. The van der Waals surface area contributed by atoms with Crippen LogP contribution < -0.4 is 0 Å². The second kappa shape index (κ2) is 3.75. The highest BCUT2D eigenvalue weighted by atomic mass is 19.1. The number of halogens is 1. The highest BCUT2D eigenvalue weighted by Crippen LogP contribution is 2.24. The fourth-order valence-corrected chi connectivity index (χ4v) is 1.28. The van der Waals surface area contributed by atoms with Gasteiger partial charge in [-0.15, -0.1) is 0 Å². The fourth-order valence-electron chi connectivity index (χ4n) is 1.28. The summed E-state index contributed by atoms with van der Waals surface area (Å²) in [6.45, 7) is 3.23. The van der Waals surface area contributed by atoms with E-state index in [1.807, 2.05) is 0 Å². The van der Waals surface area contributed by atoms with Gasteiger partial charge in [0.2, 0.25) is 0 Å². The third-order valence-corrected chi connectivity index (χ3v) is 1.86. The maximum atomic E-state index is 12.9. The van der Waals surface area contributed by atoms with Gasteiger partial charge in [0.1, 0.15) is 11.6 Å². The van der Waals surface area contributed by atoms with Crippen LogP contribution in [-0.4, -0.2) is 16.3 Å². The Balaban J connectivity index is 3.05. The molecule has 0 aliphatic rings. The van der Waals surface area contributed by atoms with Crippen LogP contribution in [0.2, 0.25) is 0 Å². The molecule has 1 rings (SSSR count). The summed E-state index contributed by atoms with van der Waals surface area (Å²) in [5, 5.41) is 18.6. The lowest BCUT2D eigenvalue weighted by Crippen LogP contribution is -2.05. The van der Waals surface area contributed by atoms with Crippen molar-refractivity contribution in [3.63, 3.8) is 0 Å². The van der Waals surface area contributed by atoms with Gasteiger partial charge in [-0.2, -0.15) is 0 Å². The molecule has 0 amide bonds. The molecule has 2 nitrogen and oxygen atoms in total. The Morgan fingerprint density at radius 1 is 1.46 bits per heavy atom. The summed E-state index contributed by atoms with van der Waals surface area (Å²) in [6.07, 6.45) is -0.308. The van der Waals surface area contributed by atoms with Gasteiger partial charge in [-0.3, -0.25) is 0 Å². The van der Waals surface area contributed by atoms with E-state index < -0.39 is 6.10 Å². The standard InChI is InChI=1S/C10H13FO2/c1-6-3-9(11)5-8(10(6)13)4-7(2)12/h3,5,7,12-13H,4H2,1-2H3. The number of hydrogen-bond acceptors (Lipinski definition) is 2. The van der Waals surface area contributed by atoms with Crippen LogP contribution in [0.4, 0.5) is 4.39 Å². The molecule has 72 valence electrons. The number of rotatable bonds is 2. The molecule has 0 fully saturated rings. The molecule has 0 radical (unpaired) electrons. The maximum Gasteiger partial charge on any atom is 0.124 e. The van der Waals surface area contributed by atoms with E-state index in [2.05, 4.69) is 0 Å².